The maximum atomic E-state index is 11.3. The van der Waals surface area contributed by atoms with Gasteiger partial charge in [-0.05, 0) is 19.4 Å². The van der Waals surface area contributed by atoms with Crippen molar-refractivity contribution in [3.8, 4) is 0 Å². The lowest BCUT2D eigenvalue weighted by atomic mass is 10.1. The van der Waals surface area contributed by atoms with Gasteiger partial charge in [0.15, 0.2) is 0 Å². The van der Waals surface area contributed by atoms with Gasteiger partial charge in [-0.3, -0.25) is 10.2 Å². The molecule has 0 aliphatic rings. The van der Waals surface area contributed by atoms with Crippen LogP contribution in [0.1, 0.15) is 20.8 Å². The molecule has 0 aliphatic heterocycles. The van der Waals surface area contributed by atoms with Crippen LogP contribution in [0.15, 0.2) is 0 Å². The van der Waals surface area contributed by atoms with Crippen LogP contribution in [0.2, 0.25) is 5.54 Å². The van der Waals surface area contributed by atoms with Gasteiger partial charge in [-0.25, -0.2) is 10.2 Å². The molecule has 0 radical (unpaired) electrons. The summed E-state index contributed by atoms with van der Waals surface area (Å²) in [5, 5.41) is 0. The number of nitrogens with one attached hydrogen (secondary N) is 3. The minimum atomic E-state index is -0.610. The molecule has 0 saturated heterocycles. The van der Waals surface area contributed by atoms with E-state index in [1.165, 1.54) is 0 Å². The zero-order chi connectivity index (χ0) is 12.8. The molecule has 3 N–H and O–H groups in total. The average Bonchev–Trinajstić information content (AvgIpc) is 2.16. The van der Waals surface area contributed by atoms with Gasteiger partial charge >= 0.3 is 6.09 Å². The molecule has 1 unspecified atom stereocenters. The van der Waals surface area contributed by atoms with E-state index in [-0.39, 0.29) is 5.91 Å². The SMILES string of the molecule is CC([SiH3])C(C)(C)OC(=O)NNNC(=O)CI. The van der Waals surface area contributed by atoms with Crippen molar-refractivity contribution in [1.29, 1.82) is 0 Å². The third kappa shape index (κ3) is 6.28. The lowest BCUT2D eigenvalue weighted by molar-refractivity contribution is -0.119. The minimum absolute atomic E-state index is 0.226. The van der Waals surface area contributed by atoms with E-state index in [2.05, 4.69) is 16.4 Å². The number of halogens is 1. The molecule has 16 heavy (non-hydrogen) atoms. The van der Waals surface area contributed by atoms with E-state index in [4.69, 9.17) is 4.74 Å². The highest BCUT2D eigenvalue weighted by Crippen LogP contribution is 2.22. The molecule has 0 saturated carbocycles. The number of ether oxygens (including phenoxy) is 1. The van der Waals surface area contributed by atoms with E-state index in [0.29, 0.717) is 9.97 Å². The van der Waals surface area contributed by atoms with Crippen molar-refractivity contribution in [2.45, 2.75) is 31.9 Å². The maximum Gasteiger partial charge on any atom is 0.423 e. The second-order valence-corrected chi connectivity index (χ2v) is 6.57. The molecule has 8 heteroatoms. The number of hydrazine groups is 2. The smallest absolute Gasteiger partial charge is 0.423 e. The van der Waals surface area contributed by atoms with E-state index in [0.717, 1.165) is 10.2 Å². The molecule has 0 rings (SSSR count). The van der Waals surface area contributed by atoms with Crippen molar-refractivity contribution < 1.29 is 14.3 Å². The Hall–Kier alpha value is -0.353. The molecule has 0 aromatic rings. The van der Waals surface area contributed by atoms with Crippen LogP contribution in [0.4, 0.5) is 4.79 Å². The number of hydrogen-bond acceptors (Lipinski definition) is 4. The van der Waals surface area contributed by atoms with Gasteiger partial charge in [0, 0.05) is 10.2 Å². The zero-order valence-corrected chi connectivity index (χ0v) is 14.0. The molecule has 0 aliphatic carbocycles. The van der Waals surface area contributed by atoms with Gasteiger partial charge in [0.2, 0.25) is 5.91 Å². The Morgan fingerprint density at radius 2 is 2.00 bits per heavy atom. The first-order chi connectivity index (χ1) is 7.29. The summed E-state index contributed by atoms with van der Waals surface area (Å²) >= 11 is 1.91. The Morgan fingerprint density at radius 1 is 1.44 bits per heavy atom. The Kier molecular flexibility index (Phi) is 6.91. The van der Waals surface area contributed by atoms with E-state index >= 15 is 0 Å². The molecule has 94 valence electrons. The summed E-state index contributed by atoms with van der Waals surface area (Å²) in [7, 11) is 0.939. The Morgan fingerprint density at radius 3 is 2.44 bits per heavy atom. The van der Waals surface area contributed by atoms with Gasteiger partial charge < -0.3 is 4.74 Å². The molecular formula is C8H18IN3O3Si. The second kappa shape index (κ2) is 7.07. The van der Waals surface area contributed by atoms with Gasteiger partial charge in [-0.15, -0.1) is 5.53 Å². The van der Waals surface area contributed by atoms with Crippen molar-refractivity contribution in [1.82, 2.24) is 16.4 Å². The van der Waals surface area contributed by atoms with Crippen LogP contribution in [0.5, 0.6) is 0 Å². The Labute approximate surface area is 112 Å². The van der Waals surface area contributed by atoms with Gasteiger partial charge in [0.25, 0.3) is 0 Å². The third-order valence-electron chi connectivity index (χ3n) is 2.23. The predicted octanol–water partition coefficient (Wildman–Crippen LogP) is -0.364. The third-order valence-corrected chi connectivity index (χ3v) is 4.32. The van der Waals surface area contributed by atoms with Crippen molar-refractivity contribution >= 4 is 44.8 Å². The summed E-state index contributed by atoms with van der Waals surface area (Å²) in [5.74, 6) is -0.226. The summed E-state index contributed by atoms with van der Waals surface area (Å²) in [6, 6.07) is 0. The van der Waals surface area contributed by atoms with E-state index in [1.807, 2.05) is 43.4 Å². The summed E-state index contributed by atoms with van der Waals surface area (Å²) in [4.78, 5) is 22.1. The molecule has 2 amide bonds. The predicted molar refractivity (Wildman–Crippen MR) is 73.2 cm³/mol. The van der Waals surface area contributed by atoms with Crippen LogP contribution < -0.4 is 16.4 Å². The van der Waals surface area contributed by atoms with Crippen LogP contribution in [-0.2, 0) is 9.53 Å². The fourth-order valence-electron chi connectivity index (χ4n) is 0.568. The summed E-state index contributed by atoms with van der Waals surface area (Å²) in [6.07, 6.45) is -0.610. The van der Waals surface area contributed by atoms with Crippen molar-refractivity contribution in [3.05, 3.63) is 0 Å². The number of alkyl halides is 1. The maximum absolute atomic E-state index is 11.3. The largest absolute Gasteiger partial charge is 0.443 e. The number of carbonyl (C=O) groups excluding carboxylic acids is 2. The number of rotatable bonds is 5. The first-order valence-electron chi connectivity index (χ1n) is 4.88. The lowest BCUT2D eigenvalue weighted by Crippen LogP contribution is -2.51. The van der Waals surface area contributed by atoms with Crippen LogP contribution in [-0.4, -0.2) is 32.3 Å². The van der Waals surface area contributed by atoms with Crippen LogP contribution in [0.25, 0.3) is 0 Å². The molecule has 1 atom stereocenters. The van der Waals surface area contributed by atoms with Gasteiger partial charge in [-0.2, -0.15) is 0 Å². The molecular weight excluding hydrogens is 341 g/mol. The summed E-state index contributed by atoms with van der Waals surface area (Å²) in [6.45, 7) is 5.73. The quantitative estimate of drug-likeness (QED) is 0.271. The highest BCUT2D eigenvalue weighted by molar-refractivity contribution is 14.1. The van der Waals surface area contributed by atoms with Crippen LogP contribution in [0.3, 0.4) is 0 Å². The Balaban J connectivity index is 3.87. The molecule has 0 bridgehead atoms. The van der Waals surface area contributed by atoms with Crippen LogP contribution in [0, 0.1) is 0 Å². The molecule has 0 aromatic heterocycles. The minimum Gasteiger partial charge on any atom is -0.443 e. The highest BCUT2D eigenvalue weighted by Gasteiger charge is 2.26. The molecule has 0 heterocycles. The number of carbonyl (C=O) groups is 2. The van der Waals surface area contributed by atoms with Crippen molar-refractivity contribution in [2.75, 3.05) is 4.43 Å². The molecule has 0 fully saturated rings. The summed E-state index contributed by atoms with van der Waals surface area (Å²) in [5.41, 5.74) is 6.63. The van der Waals surface area contributed by atoms with E-state index < -0.39 is 11.7 Å². The van der Waals surface area contributed by atoms with E-state index in [9.17, 15) is 9.59 Å². The van der Waals surface area contributed by atoms with Gasteiger partial charge in [-0.1, -0.05) is 29.5 Å². The Bertz CT molecular complexity index is 261. The first kappa shape index (κ1) is 15.6. The first-order valence-corrected chi connectivity index (χ1v) is 7.56. The standard InChI is InChI=1S/C8H18IN3O3Si/c1-5(16)8(2,3)15-7(14)11-12-10-6(13)4-9/h5,12H,4H2,1-3,16H3,(H,10,13)(H,11,14). The normalized spacial score (nSPS) is 13.0. The van der Waals surface area contributed by atoms with Crippen molar-refractivity contribution in [2.24, 2.45) is 0 Å². The fourth-order valence-corrected chi connectivity index (χ4v) is 0.876. The second-order valence-electron chi connectivity index (χ2n) is 4.08. The monoisotopic (exact) mass is 359 g/mol. The summed E-state index contributed by atoms with van der Waals surface area (Å²) < 4.78 is 5.49. The van der Waals surface area contributed by atoms with Gasteiger partial charge in [0.05, 0.1) is 4.43 Å². The zero-order valence-electron chi connectivity index (χ0n) is 9.89. The fraction of sp³-hybridized carbons (Fsp3) is 0.750. The number of hydrogen-bond donors (Lipinski definition) is 3. The van der Waals surface area contributed by atoms with E-state index in [1.54, 1.807) is 0 Å². The van der Waals surface area contributed by atoms with Gasteiger partial charge in [0.1, 0.15) is 5.60 Å². The topological polar surface area (TPSA) is 79.5 Å². The highest BCUT2D eigenvalue weighted by atomic mass is 127. The molecule has 6 nitrogen and oxygen atoms in total. The molecule has 0 aromatic carbocycles. The van der Waals surface area contributed by atoms with Crippen LogP contribution >= 0.6 is 22.6 Å². The average molecular weight is 359 g/mol. The lowest BCUT2D eigenvalue weighted by Gasteiger charge is -2.29. The van der Waals surface area contributed by atoms with Crippen molar-refractivity contribution in [3.63, 3.8) is 0 Å². The molecule has 0 spiro atoms. The number of amides is 2.